The Morgan fingerprint density at radius 2 is 1.70 bits per heavy atom. The topological polar surface area (TPSA) is 76.9 Å². The fourth-order valence-corrected chi connectivity index (χ4v) is 5.64. The number of rotatable bonds is 5. The van der Waals surface area contributed by atoms with Crippen LogP contribution in [0.4, 0.5) is 0 Å². The standard InChI is InChI=1S/C24H30N4O3S2/c1-17(2)26(5)24(32)27-8-10-28(11-9-27)33(29,30)23-15-20(16-25)6-7-22(23)31-21-13-18(3)12-19(4)14-21/h6-7,12-15,17H,8-11H2,1-5H3. The Kier molecular flexibility index (Phi) is 7.62. The minimum absolute atomic E-state index is 0.00367. The van der Waals surface area contributed by atoms with Crippen LogP contribution in [0.2, 0.25) is 0 Å². The van der Waals surface area contributed by atoms with Gasteiger partial charge in [-0.25, -0.2) is 8.42 Å². The number of thiocarbonyl (C=S) groups is 1. The number of sulfonamides is 1. The molecule has 1 heterocycles. The number of nitrogens with zero attached hydrogens (tertiary/aromatic N) is 4. The Bertz CT molecular complexity index is 1160. The summed E-state index contributed by atoms with van der Waals surface area (Å²) in [4.78, 5) is 4.03. The first-order chi connectivity index (χ1) is 15.5. The van der Waals surface area contributed by atoms with Gasteiger partial charge in [-0.2, -0.15) is 9.57 Å². The van der Waals surface area contributed by atoms with E-state index in [-0.39, 0.29) is 22.3 Å². The van der Waals surface area contributed by atoms with Crippen LogP contribution in [0.25, 0.3) is 0 Å². The van der Waals surface area contributed by atoms with Crippen molar-refractivity contribution >= 4 is 27.4 Å². The van der Waals surface area contributed by atoms with E-state index in [0.29, 0.717) is 37.0 Å². The van der Waals surface area contributed by atoms with Crippen molar-refractivity contribution in [1.82, 2.24) is 14.1 Å². The van der Waals surface area contributed by atoms with E-state index < -0.39 is 10.0 Å². The zero-order valence-electron chi connectivity index (χ0n) is 19.7. The highest BCUT2D eigenvalue weighted by Gasteiger charge is 2.32. The van der Waals surface area contributed by atoms with Gasteiger partial charge in [0.1, 0.15) is 16.4 Å². The molecule has 0 amide bonds. The molecule has 0 aromatic heterocycles. The molecule has 0 spiro atoms. The minimum Gasteiger partial charge on any atom is -0.456 e. The third-order valence-corrected chi connectivity index (χ3v) is 8.17. The molecule has 33 heavy (non-hydrogen) atoms. The van der Waals surface area contributed by atoms with Crippen molar-refractivity contribution < 1.29 is 13.2 Å². The molecular formula is C24H30N4O3S2. The molecule has 0 atom stereocenters. The summed E-state index contributed by atoms with van der Waals surface area (Å²) in [5, 5.41) is 10.1. The van der Waals surface area contributed by atoms with Gasteiger partial charge in [-0.05, 0) is 81.4 Å². The number of ether oxygens (including phenoxy) is 1. The predicted octanol–water partition coefficient (Wildman–Crippen LogP) is 3.90. The smallest absolute Gasteiger partial charge is 0.246 e. The summed E-state index contributed by atoms with van der Waals surface area (Å²) < 4.78 is 34.6. The first kappa shape index (κ1) is 25.0. The Morgan fingerprint density at radius 1 is 1.09 bits per heavy atom. The minimum atomic E-state index is -3.88. The molecule has 2 aromatic rings. The molecule has 0 unspecified atom stereocenters. The first-order valence-corrected chi connectivity index (χ1v) is 12.7. The van der Waals surface area contributed by atoms with Crippen LogP contribution >= 0.6 is 12.2 Å². The van der Waals surface area contributed by atoms with Crippen molar-refractivity contribution in [2.75, 3.05) is 33.2 Å². The van der Waals surface area contributed by atoms with Crippen molar-refractivity contribution in [3.63, 3.8) is 0 Å². The summed E-state index contributed by atoms with van der Waals surface area (Å²) in [6.45, 7) is 9.63. The molecule has 1 saturated heterocycles. The van der Waals surface area contributed by atoms with E-state index in [2.05, 4.69) is 13.8 Å². The van der Waals surface area contributed by atoms with E-state index in [1.807, 2.05) is 55.0 Å². The molecule has 1 aliphatic rings. The van der Waals surface area contributed by atoms with E-state index in [1.54, 1.807) is 12.1 Å². The normalized spacial score (nSPS) is 14.8. The summed E-state index contributed by atoms with van der Waals surface area (Å²) in [6, 6.07) is 12.5. The molecular weight excluding hydrogens is 456 g/mol. The van der Waals surface area contributed by atoms with Crippen molar-refractivity contribution in [3.05, 3.63) is 53.1 Å². The Hall–Kier alpha value is -2.67. The van der Waals surface area contributed by atoms with Gasteiger partial charge in [0, 0.05) is 39.3 Å². The maximum absolute atomic E-state index is 13.6. The fourth-order valence-electron chi connectivity index (χ4n) is 3.69. The van der Waals surface area contributed by atoms with Crippen LogP contribution in [-0.4, -0.2) is 66.9 Å². The second kappa shape index (κ2) is 10.1. The number of nitriles is 1. The van der Waals surface area contributed by atoms with Gasteiger partial charge in [0.2, 0.25) is 10.0 Å². The van der Waals surface area contributed by atoms with E-state index in [4.69, 9.17) is 17.0 Å². The number of aryl methyl sites for hydroxylation is 2. The maximum atomic E-state index is 13.6. The number of hydrogen-bond acceptors (Lipinski definition) is 5. The zero-order chi connectivity index (χ0) is 24.3. The Labute approximate surface area is 202 Å². The average molecular weight is 487 g/mol. The molecule has 1 aliphatic heterocycles. The van der Waals surface area contributed by atoms with Gasteiger partial charge in [0.15, 0.2) is 5.11 Å². The Balaban J connectivity index is 1.87. The third kappa shape index (κ3) is 5.64. The summed E-state index contributed by atoms with van der Waals surface area (Å²) in [5.41, 5.74) is 2.29. The van der Waals surface area contributed by atoms with Crippen LogP contribution in [-0.2, 0) is 10.0 Å². The predicted molar refractivity (Wildman–Crippen MR) is 133 cm³/mol. The van der Waals surface area contributed by atoms with Gasteiger partial charge in [0.05, 0.1) is 11.6 Å². The van der Waals surface area contributed by atoms with Crippen LogP contribution in [0, 0.1) is 25.2 Å². The van der Waals surface area contributed by atoms with Crippen molar-refractivity contribution in [2.24, 2.45) is 0 Å². The summed E-state index contributed by atoms with van der Waals surface area (Å²) in [6.07, 6.45) is 0. The van der Waals surface area contributed by atoms with Gasteiger partial charge in [-0.15, -0.1) is 0 Å². The van der Waals surface area contributed by atoms with Gasteiger partial charge >= 0.3 is 0 Å². The summed E-state index contributed by atoms with van der Waals surface area (Å²) in [7, 11) is -1.93. The molecule has 3 rings (SSSR count). The van der Waals surface area contributed by atoms with Gasteiger partial charge in [0.25, 0.3) is 0 Å². The molecule has 0 saturated carbocycles. The average Bonchev–Trinajstić information content (AvgIpc) is 2.77. The highest BCUT2D eigenvalue weighted by molar-refractivity contribution is 7.89. The molecule has 0 N–H and O–H groups in total. The number of piperazine rings is 1. The second-order valence-electron chi connectivity index (χ2n) is 8.58. The fraction of sp³-hybridized carbons (Fsp3) is 0.417. The molecule has 0 radical (unpaired) electrons. The summed E-state index contributed by atoms with van der Waals surface area (Å²) in [5.74, 6) is 0.761. The van der Waals surface area contributed by atoms with Gasteiger partial charge < -0.3 is 14.5 Å². The highest BCUT2D eigenvalue weighted by atomic mass is 32.2. The lowest BCUT2D eigenvalue weighted by atomic mass is 10.1. The molecule has 7 nitrogen and oxygen atoms in total. The zero-order valence-corrected chi connectivity index (χ0v) is 21.3. The van der Waals surface area contributed by atoms with Crippen LogP contribution in [0.1, 0.15) is 30.5 Å². The second-order valence-corrected chi connectivity index (χ2v) is 10.8. The van der Waals surface area contributed by atoms with Crippen LogP contribution in [0.15, 0.2) is 41.3 Å². The highest BCUT2D eigenvalue weighted by Crippen LogP contribution is 2.33. The lowest BCUT2D eigenvalue weighted by Gasteiger charge is -2.39. The molecule has 0 bridgehead atoms. The SMILES string of the molecule is Cc1cc(C)cc(Oc2ccc(C#N)cc2S(=O)(=O)N2CCN(C(=S)N(C)C(C)C)CC2)c1. The molecule has 1 fully saturated rings. The largest absolute Gasteiger partial charge is 0.456 e. The molecule has 2 aromatic carbocycles. The lowest BCUT2D eigenvalue weighted by molar-refractivity contribution is 0.240. The van der Waals surface area contributed by atoms with Gasteiger partial charge in [-0.3, -0.25) is 0 Å². The van der Waals surface area contributed by atoms with Crippen LogP contribution in [0.5, 0.6) is 11.5 Å². The molecule has 9 heteroatoms. The van der Waals surface area contributed by atoms with Crippen LogP contribution in [0.3, 0.4) is 0 Å². The van der Waals surface area contributed by atoms with Crippen molar-refractivity contribution in [1.29, 1.82) is 5.26 Å². The first-order valence-electron chi connectivity index (χ1n) is 10.8. The van der Waals surface area contributed by atoms with E-state index in [9.17, 15) is 13.7 Å². The quantitative estimate of drug-likeness (QED) is 0.593. The van der Waals surface area contributed by atoms with Gasteiger partial charge in [-0.1, -0.05) is 6.07 Å². The number of hydrogen-bond donors (Lipinski definition) is 0. The number of benzene rings is 2. The third-order valence-electron chi connectivity index (χ3n) is 5.70. The lowest BCUT2D eigenvalue weighted by Crippen LogP contribution is -2.54. The van der Waals surface area contributed by atoms with Crippen LogP contribution < -0.4 is 4.74 Å². The Morgan fingerprint density at radius 3 is 2.24 bits per heavy atom. The van der Waals surface area contributed by atoms with Crippen molar-refractivity contribution in [3.8, 4) is 17.6 Å². The maximum Gasteiger partial charge on any atom is 0.246 e. The van der Waals surface area contributed by atoms with E-state index in [0.717, 1.165) is 11.1 Å². The monoisotopic (exact) mass is 486 g/mol. The summed E-state index contributed by atoms with van der Waals surface area (Å²) >= 11 is 5.57. The van der Waals surface area contributed by atoms with E-state index >= 15 is 0 Å². The van der Waals surface area contributed by atoms with E-state index in [1.165, 1.54) is 10.4 Å². The molecule has 176 valence electrons. The van der Waals surface area contributed by atoms with Crippen molar-refractivity contribution in [2.45, 2.75) is 38.6 Å². The molecule has 0 aliphatic carbocycles.